The van der Waals surface area contributed by atoms with Crippen LogP contribution in [0.3, 0.4) is 0 Å². The van der Waals surface area contributed by atoms with Crippen molar-refractivity contribution in [3.8, 4) is 59.3 Å². The minimum atomic E-state index is 0.0770. The molecule has 106 valence electrons. The maximum atomic E-state index is 10.6. The number of hydrogen-bond acceptors (Lipinski definition) is 2. The summed E-state index contributed by atoms with van der Waals surface area (Å²) >= 11 is 0. The zero-order valence-corrected chi connectivity index (χ0v) is 12.1. The van der Waals surface area contributed by atoms with Crippen molar-refractivity contribution in [2.24, 2.45) is 0 Å². The molecular weight excluding hydrogens is 272 g/mol. The number of likely N-dealkylation sites (tertiary alicyclic amines) is 1. The van der Waals surface area contributed by atoms with Gasteiger partial charge in [0.15, 0.2) is 0 Å². The van der Waals surface area contributed by atoms with Crippen molar-refractivity contribution < 1.29 is 4.79 Å². The summed E-state index contributed by atoms with van der Waals surface area (Å²) in [5.41, 5.74) is 0. The van der Waals surface area contributed by atoms with Crippen LogP contribution in [0.1, 0.15) is 19.3 Å². The molecule has 0 spiro atoms. The maximum Gasteiger partial charge on any atom is 0.245 e. The minimum absolute atomic E-state index is 0.0770. The van der Waals surface area contributed by atoms with Gasteiger partial charge in [0.05, 0.1) is 0 Å². The number of allylic oxidation sites excluding steroid dienone is 1. The lowest BCUT2D eigenvalue weighted by molar-refractivity contribution is -0.112. The normalized spacial score (nSPS) is 14.8. The van der Waals surface area contributed by atoms with E-state index in [-0.39, 0.29) is 5.91 Å². The summed E-state index contributed by atoms with van der Waals surface area (Å²) in [6.07, 6.45) is 7.86. The van der Waals surface area contributed by atoms with E-state index in [4.69, 9.17) is 0 Å². The molecule has 0 radical (unpaired) electrons. The van der Waals surface area contributed by atoms with E-state index in [0.29, 0.717) is 6.54 Å². The van der Waals surface area contributed by atoms with Gasteiger partial charge in [-0.1, -0.05) is 6.20 Å². The Morgan fingerprint density at radius 2 is 1.45 bits per heavy atom. The molecule has 0 aromatic carbocycles. The first kappa shape index (κ1) is 15.2. The number of carbonyl (C=O) groups is 1. The number of piperidine rings is 1. The summed E-state index contributed by atoms with van der Waals surface area (Å²) in [4.78, 5) is 14.2. The lowest BCUT2D eigenvalue weighted by Gasteiger charge is -2.21. The van der Waals surface area contributed by atoms with Crippen LogP contribution in [-0.2, 0) is 4.79 Å². The van der Waals surface area contributed by atoms with Gasteiger partial charge in [0.2, 0.25) is 5.91 Å². The Kier molecular flexibility index (Phi) is 6.13. The molecule has 3 heteroatoms. The predicted octanol–water partition coefficient (Wildman–Crippen LogP) is 0.606. The quantitative estimate of drug-likeness (QED) is 0.400. The number of rotatable bonds is 1. The topological polar surface area (TPSA) is 23.3 Å². The van der Waals surface area contributed by atoms with Crippen LogP contribution in [-0.4, -0.2) is 35.3 Å². The van der Waals surface area contributed by atoms with Gasteiger partial charge in [-0.3, -0.25) is 10.7 Å². The highest BCUT2D eigenvalue weighted by Crippen LogP contribution is 2.06. The minimum Gasteiger partial charge on any atom is -0.332 e. The van der Waals surface area contributed by atoms with E-state index in [1.54, 1.807) is 0 Å². The van der Waals surface area contributed by atoms with E-state index >= 15 is 0 Å². The van der Waals surface area contributed by atoms with E-state index in [9.17, 15) is 4.79 Å². The highest BCUT2D eigenvalue weighted by Gasteiger charge is 2.24. The molecule has 2 aliphatic rings. The summed E-state index contributed by atoms with van der Waals surface area (Å²) in [6.45, 7) is 2.51. The highest BCUT2D eigenvalue weighted by molar-refractivity contribution is 5.93. The Hall–Kier alpha value is -3.19. The van der Waals surface area contributed by atoms with Crippen molar-refractivity contribution in [3.63, 3.8) is 0 Å². The average molecular weight is 285 g/mol. The standard InChI is InChI=1S/C19H13N2O/c22-19-18-21(19)17-13-8-6-4-2-1-3-5-7-10-14-20-15-11-9-12-16-20/h17H,9,11-12,15-16,18H2/q-1. The van der Waals surface area contributed by atoms with E-state index in [1.807, 2.05) is 0 Å². The Bertz CT molecular complexity index is 758. The summed E-state index contributed by atoms with van der Waals surface area (Å²) < 4.78 is 0. The average Bonchev–Trinajstić information content (AvgIpc) is 3.25. The Balaban J connectivity index is 1.69. The van der Waals surface area contributed by atoms with Crippen molar-refractivity contribution in [1.29, 1.82) is 0 Å². The Morgan fingerprint density at radius 1 is 0.864 bits per heavy atom. The monoisotopic (exact) mass is 285 g/mol. The first-order chi connectivity index (χ1) is 10.9. The molecule has 0 aromatic heterocycles. The smallest absolute Gasteiger partial charge is 0.245 e. The molecule has 0 aromatic rings. The van der Waals surface area contributed by atoms with Crippen LogP contribution in [0.15, 0.2) is 6.20 Å². The summed E-state index contributed by atoms with van der Waals surface area (Å²) in [7, 11) is 0. The van der Waals surface area contributed by atoms with E-state index < -0.39 is 0 Å². The Morgan fingerprint density at radius 3 is 2.09 bits per heavy atom. The SMILES string of the molecule is O=C1CN1C=[C-]C#CC#CC#CC#CC#CN1CCCCC1. The second-order valence-electron chi connectivity index (χ2n) is 4.58. The number of amides is 1. The van der Waals surface area contributed by atoms with Crippen LogP contribution in [0.4, 0.5) is 0 Å². The van der Waals surface area contributed by atoms with Gasteiger partial charge in [0.25, 0.3) is 0 Å². The van der Waals surface area contributed by atoms with Gasteiger partial charge in [0.1, 0.15) is 6.54 Å². The van der Waals surface area contributed by atoms with Crippen LogP contribution in [0.5, 0.6) is 0 Å². The Labute approximate surface area is 131 Å². The lowest BCUT2D eigenvalue weighted by Crippen LogP contribution is -2.24. The zero-order chi connectivity index (χ0) is 15.5. The van der Waals surface area contributed by atoms with E-state index in [0.717, 1.165) is 13.1 Å². The van der Waals surface area contributed by atoms with Gasteiger partial charge < -0.3 is 9.80 Å². The van der Waals surface area contributed by atoms with Gasteiger partial charge in [-0.05, 0) is 37.0 Å². The van der Waals surface area contributed by atoms with Crippen LogP contribution in [0.2, 0.25) is 0 Å². The molecular formula is C19H13N2O-. The summed E-state index contributed by atoms with van der Waals surface area (Å²) in [5.74, 6) is 23.6. The molecule has 0 saturated carbocycles. The molecule has 2 heterocycles. The number of hydrogen-bond donors (Lipinski definition) is 0. The molecule has 0 atom stereocenters. The van der Waals surface area contributed by atoms with Gasteiger partial charge in [0, 0.05) is 36.9 Å². The van der Waals surface area contributed by atoms with Crippen molar-refractivity contribution in [2.45, 2.75) is 19.3 Å². The molecule has 22 heavy (non-hydrogen) atoms. The molecule has 1 amide bonds. The van der Waals surface area contributed by atoms with Crippen molar-refractivity contribution in [3.05, 3.63) is 12.3 Å². The van der Waals surface area contributed by atoms with Gasteiger partial charge in [-0.15, -0.1) is 5.92 Å². The molecule has 0 bridgehead atoms. The third-order valence-corrected chi connectivity index (χ3v) is 2.89. The van der Waals surface area contributed by atoms with Crippen molar-refractivity contribution >= 4 is 5.91 Å². The molecule has 0 N–H and O–H groups in total. The fourth-order valence-electron chi connectivity index (χ4n) is 1.71. The molecule has 2 aliphatic heterocycles. The van der Waals surface area contributed by atoms with Crippen LogP contribution < -0.4 is 0 Å². The third kappa shape index (κ3) is 6.31. The third-order valence-electron chi connectivity index (χ3n) is 2.89. The summed E-state index contributed by atoms with van der Waals surface area (Å²) in [5, 5.41) is 0. The number of carbonyl (C=O) groups excluding carboxylic acids is 1. The highest BCUT2D eigenvalue weighted by atomic mass is 16.2. The van der Waals surface area contributed by atoms with Crippen LogP contribution in [0, 0.1) is 65.4 Å². The molecule has 0 aliphatic carbocycles. The van der Waals surface area contributed by atoms with Gasteiger partial charge >= 0.3 is 0 Å². The lowest BCUT2D eigenvalue weighted by atomic mass is 10.1. The fourth-order valence-corrected chi connectivity index (χ4v) is 1.71. The second kappa shape index (κ2) is 8.88. The largest absolute Gasteiger partial charge is 0.332 e. The van der Waals surface area contributed by atoms with Crippen LogP contribution >= 0.6 is 0 Å². The number of nitrogens with zero attached hydrogens (tertiary/aromatic N) is 2. The molecule has 0 unspecified atom stereocenters. The van der Waals surface area contributed by atoms with Crippen LogP contribution in [0.25, 0.3) is 0 Å². The zero-order valence-electron chi connectivity index (χ0n) is 12.1. The van der Waals surface area contributed by atoms with Crippen molar-refractivity contribution in [1.82, 2.24) is 9.80 Å². The predicted molar refractivity (Wildman–Crippen MR) is 83.8 cm³/mol. The van der Waals surface area contributed by atoms with E-state index in [2.05, 4.69) is 70.3 Å². The molecule has 3 nitrogen and oxygen atoms in total. The maximum absolute atomic E-state index is 10.6. The molecule has 2 rings (SSSR count). The first-order valence-corrected chi connectivity index (χ1v) is 7.00. The molecule has 2 fully saturated rings. The van der Waals surface area contributed by atoms with Gasteiger partial charge in [-0.25, -0.2) is 5.92 Å². The van der Waals surface area contributed by atoms with Gasteiger partial charge in [-0.2, -0.15) is 6.08 Å². The fraction of sp³-hybridized carbons (Fsp3) is 0.316. The molecule has 2 saturated heterocycles. The second-order valence-corrected chi connectivity index (χ2v) is 4.58. The summed E-state index contributed by atoms with van der Waals surface area (Å²) in [6, 6.07) is 3.01. The van der Waals surface area contributed by atoms with Crippen molar-refractivity contribution in [2.75, 3.05) is 19.6 Å². The first-order valence-electron chi connectivity index (χ1n) is 7.00. The van der Waals surface area contributed by atoms with E-state index in [1.165, 1.54) is 30.4 Å².